The molecule has 0 aliphatic rings. The predicted molar refractivity (Wildman–Crippen MR) is 89.6 cm³/mol. The summed E-state index contributed by atoms with van der Waals surface area (Å²) in [4.78, 5) is 33.3. The summed E-state index contributed by atoms with van der Waals surface area (Å²) in [5, 5.41) is 0. The fraction of sp³-hybridized carbons (Fsp3) is 0.500. The minimum absolute atomic E-state index is 0.0287. The van der Waals surface area contributed by atoms with Gasteiger partial charge in [-0.3, -0.25) is 14.4 Å². The van der Waals surface area contributed by atoms with Crippen molar-refractivity contribution in [3.05, 3.63) is 22.8 Å². The first-order valence-electron chi connectivity index (χ1n) is 7.84. The van der Waals surface area contributed by atoms with Crippen LogP contribution in [0.3, 0.4) is 0 Å². The lowest BCUT2D eigenvalue weighted by Crippen LogP contribution is -2.30. The van der Waals surface area contributed by atoms with E-state index in [9.17, 15) is 14.4 Å². The number of aryl methyl sites for hydroxylation is 1. The molecule has 1 unspecified atom stereocenters. The summed E-state index contributed by atoms with van der Waals surface area (Å²) >= 11 is 0. The van der Waals surface area contributed by atoms with Gasteiger partial charge in [0.1, 0.15) is 24.7 Å². The number of carbonyl (C=O) groups is 3. The number of benzene rings is 1. The molecule has 0 N–H and O–H groups in total. The molecule has 0 radical (unpaired) electrons. The molecule has 138 valence electrons. The summed E-state index contributed by atoms with van der Waals surface area (Å²) in [7, 11) is 0. The molecule has 0 fully saturated rings. The van der Waals surface area contributed by atoms with Crippen LogP contribution in [-0.2, 0) is 23.9 Å². The maximum atomic E-state index is 11.2. The molecule has 0 aromatic heterocycles. The second-order valence-electron chi connectivity index (χ2n) is 5.71. The number of esters is 3. The lowest BCUT2D eigenvalue weighted by atomic mass is 10.0. The van der Waals surface area contributed by atoms with Crippen LogP contribution in [0.2, 0.25) is 0 Å². The van der Waals surface area contributed by atoms with Gasteiger partial charge in [0.2, 0.25) is 0 Å². The second kappa shape index (κ2) is 9.05. The van der Waals surface area contributed by atoms with E-state index in [1.54, 1.807) is 6.07 Å². The monoisotopic (exact) mass is 352 g/mol. The lowest BCUT2D eigenvalue weighted by molar-refractivity contribution is -0.158. The van der Waals surface area contributed by atoms with Gasteiger partial charge in [0.25, 0.3) is 0 Å². The van der Waals surface area contributed by atoms with E-state index in [0.717, 1.165) is 16.7 Å². The third-order valence-corrected chi connectivity index (χ3v) is 3.45. The third kappa shape index (κ3) is 6.45. The minimum atomic E-state index is -0.714. The van der Waals surface area contributed by atoms with Crippen molar-refractivity contribution in [2.24, 2.45) is 0 Å². The zero-order valence-corrected chi connectivity index (χ0v) is 15.4. The lowest BCUT2D eigenvalue weighted by Gasteiger charge is -2.21. The van der Waals surface area contributed by atoms with Crippen molar-refractivity contribution < 1.29 is 33.3 Å². The van der Waals surface area contributed by atoms with E-state index < -0.39 is 24.0 Å². The predicted octanol–water partition coefficient (Wildman–Crippen LogP) is 2.41. The molecule has 25 heavy (non-hydrogen) atoms. The van der Waals surface area contributed by atoms with Crippen LogP contribution in [0.4, 0.5) is 0 Å². The summed E-state index contributed by atoms with van der Waals surface area (Å²) < 4.78 is 21.0. The third-order valence-electron chi connectivity index (χ3n) is 3.45. The first kappa shape index (κ1) is 20.5. The van der Waals surface area contributed by atoms with E-state index in [1.807, 2.05) is 20.8 Å². The van der Waals surface area contributed by atoms with Crippen molar-refractivity contribution in [2.75, 3.05) is 13.2 Å². The molecule has 7 heteroatoms. The fourth-order valence-electron chi connectivity index (χ4n) is 2.24. The molecule has 1 atom stereocenters. The van der Waals surface area contributed by atoms with Crippen LogP contribution in [0.5, 0.6) is 11.5 Å². The van der Waals surface area contributed by atoms with Crippen molar-refractivity contribution in [1.82, 2.24) is 0 Å². The first-order valence-corrected chi connectivity index (χ1v) is 7.84. The molecule has 0 spiro atoms. The highest BCUT2D eigenvalue weighted by Gasteiger charge is 2.18. The van der Waals surface area contributed by atoms with E-state index in [1.165, 1.54) is 20.8 Å². The molecule has 0 aliphatic heterocycles. The Morgan fingerprint density at radius 1 is 0.920 bits per heavy atom. The standard InChI is InChI=1S/C18H24O7/c1-10-7-17(25-15(6)21)11(2)12(3)18(10)23-9-16(24-14(5)20)8-22-13(4)19/h7,16H,8-9H2,1-6H3. The van der Waals surface area contributed by atoms with Gasteiger partial charge in [-0.05, 0) is 43.5 Å². The summed E-state index contributed by atoms with van der Waals surface area (Å²) in [6, 6.07) is 1.71. The molecule has 0 saturated carbocycles. The topological polar surface area (TPSA) is 88.1 Å². The van der Waals surface area contributed by atoms with Gasteiger partial charge in [-0.15, -0.1) is 0 Å². The quantitative estimate of drug-likeness (QED) is 0.550. The zero-order valence-electron chi connectivity index (χ0n) is 15.4. The van der Waals surface area contributed by atoms with Gasteiger partial charge >= 0.3 is 17.9 Å². The van der Waals surface area contributed by atoms with E-state index in [-0.39, 0.29) is 13.2 Å². The van der Waals surface area contributed by atoms with Crippen LogP contribution >= 0.6 is 0 Å². The van der Waals surface area contributed by atoms with Gasteiger partial charge in [0, 0.05) is 20.8 Å². The fourth-order valence-corrected chi connectivity index (χ4v) is 2.24. The van der Waals surface area contributed by atoms with Gasteiger partial charge in [-0.25, -0.2) is 0 Å². The SMILES string of the molecule is CC(=O)OCC(COc1c(C)cc(OC(C)=O)c(C)c1C)OC(C)=O. The Balaban J connectivity index is 2.92. The van der Waals surface area contributed by atoms with Gasteiger partial charge < -0.3 is 18.9 Å². The van der Waals surface area contributed by atoms with E-state index in [4.69, 9.17) is 18.9 Å². The highest BCUT2D eigenvalue weighted by Crippen LogP contribution is 2.33. The van der Waals surface area contributed by atoms with Crippen LogP contribution in [0.1, 0.15) is 37.5 Å². The number of hydrogen-bond acceptors (Lipinski definition) is 7. The van der Waals surface area contributed by atoms with Crippen LogP contribution in [0, 0.1) is 20.8 Å². The van der Waals surface area contributed by atoms with E-state index >= 15 is 0 Å². The van der Waals surface area contributed by atoms with Crippen molar-refractivity contribution >= 4 is 17.9 Å². The number of ether oxygens (including phenoxy) is 4. The highest BCUT2D eigenvalue weighted by molar-refractivity contribution is 5.70. The summed E-state index contributed by atoms with van der Waals surface area (Å²) in [5.74, 6) is -0.270. The van der Waals surface area contributed by atoms with Crippen molar-refractivity contribution in [3.63, 3.8) is 0 Å². The molecule has 1 aromatic rings. The Hall–Kier alpha value is -2.57. The van der Waals surface area contributed by atoms with E-state index in [2.05, 4.69) is 0 Å². The molecule has 1 aromatic carbocycles. The maximum Gasteiger partial charge on any atom is 0.308 e. The van der Waals surface area contributed by atoms with Crippen molar-refractivity contribution in [2.45, 2.75) is 47.6 Å². The molecular formula is C18H24O7. The van der Waals surface area contributed by atoms with Gasteiger partial charge in [-0.1, -0.05) is 0 Å². The summed E-state index contributed by atoms with van der Waals surface area (Å²) in [5.41, 5.74) is 2.36. The summed E-state index contributed by atoms with van der Waals surface area (Å²) in [6.07, 6.45) is -0.714. The van der Waals surface area contributed by atoms with Crippen LogP contribution < -0.4 is 9.47 Å². The zero-order chi connectivity index (χ0) is 19.1. The Labute approximate surface area is 147 Å². The largest absolute Gasteiger partial charge is 0.489 e. The van der Waals surface area contributed by atoms with Crippen LogP contribution in [0.15, 0.2) is 6.07 Å². The Morgan fingerprint density at radius 2 is 1.56 bits per heavy atom. The summed E-state index contributed by atoms with van der Waals surface area (Å²) in [6.45, 7) is 9.32. The Morgan fingerprint density at radius 3 is 2.08 bits per heavy atom. The van der Waals surface area contributed by atoms with E-state index in [0.29, 0.717) is 11.5 Å². The van der Waals surface area contributed by atoms with Crippen molar-refractivity contribution in [3.8, 4) is 11.5 Å². The smallest absolute Gasteiger partial charge is 0.308 e. The molecule has 0 heterocycles. The number of hydrogen-bond donors (Lipinski definition) is 0. The average Bonchev–Trinajstić information content (AvgIpc) is 2.48. The molecular weight excluding hydrogens is 328 g/mol. The molecule has 0 aliphatic carbocycles. The minimum Gasteiger partial charge on any atom is -0.489 e. The molecule has 0 saturated heterocycles. The van der Waals surface area contributed by atoms with Gasteiger partial charge in [-0.2, -0.15) is 0 Å². The average molecular weight is 352 g/mol. The van der Waals surface area contributed by atoms with Crippen molar-refractivity contribution in [1.29, 1.82) is 0 Å². The molecule has 0 bridgehead atoms. The Bertz CT molecular complexity index is 664. The van der Waals surface area contributed by atoms with Gasteiger partial charge in [0.15, 0.2) is 6.10 Å². The number of rotatable bonds is 7. The second-order valence-corrected chi connectivity index (χ2v) is 5.71. The molecule has 0 amide bonds. The molecule has 1 rings (SSSR count). The molecule has 7 nitrogen and oxygen atoms in total. The van der Waals surface area contributed by atoms with Crippen LogP contribution in [0.25, 0.3) is 0 Å². The highest BCUT2D eigenvalue weighted by atomic mass is 16.6. The Kier molecular flexibility index (Phi) is 7.42. The first-order chi connectivity index (χ1) is 11.6. The number of carbonyl (C=O) groups excluding carboxylic acids is 3. The maximum absolute atomic E-state index is 11.2. The van der Waals surface area contributed by atoms with Crippen LogP contribution in [-0.4, -0.2) is 37.2 Å². The normalized spacial score (nSPS) is 11.4. The van der Waals surface area contributed by atoms with Gasteiger partial charge in [0.05, 0.1) is 0 Å².